The highest BCUT2D eigenvalue weighted by Crippen LogP contribution is 2.32. The average molecular weight is 391 g/mol. The highest BCUT2D eigenvalue weighted by atomic mass is 16.5. The minimum absolute atomic E-state index is 0.143. The zero-order valence-electron chi connectivity index (χ0n) is 17.0. The second-order valence-electron chi connectivity index (χ2n) is 8.03. The van der Waals surface area contributed by atoms with Crippen LogP contribution in [0.3, 0.4) is 0 Å². The van der Waals surface area contributed by atoms with Gasteiger partial charge in [-0.1, -0.05) is 55.7 Å². The normalized spacial score (nSPS) is 14.8. The molecule has 4 heteroatoms. The molecule has 1 aliphatic carbocycles. The van der Waals surface area contributed by atoms with E-state index in [-0.39, 0.29) is 6.61 Å². The monoisotopic (exact) mass is 390 g/mol. The number of rotatable bonds is 8. The molecule has 0 saturated heterocycles. The molecular formula is C25H30N2O2. The molecule has 0 radical (unpaired) electrons. The van der Waals surface area contributed by atoms with Gasteiger partial charge in [-0.2, -0.15) is 5.10 Å². The van der Waals surface area contributed by atoms with Gasteiger partial charge in [0.05, 0.1) is 6.20 Å². The Kier molecular flexibility index (Phi) is 6.63. The van der Waals surface area contributed by atoms with Crippen LogP contribution in [-0.4, -0.2) is 21.5 Å². The zero-order chi connectivity index (χ0) is 19.9. The van der Waals surface area contributed by atoms with E-state index in [1.807, 2.05) is 36.5 Å². The van der Waals surface area contributed by atoms with Gasteiger partial charge in [0.25, 0.3) is 0 Å². The van der Waals surface area contributed by atoms with Crippen molar-refractivity contribution in [3.05, 3.63) is 72.1 Å². The van der Waals surface area contributed by atoms with Gasteiger partial charge >= 0.3 is 0 Å². The van der Waals surface area contributed by atoms with Crippen molar-refractivity contribution in [1.82, 2.24) is 9.78 Å². The first-order valence-corrected chi connectivity index (χ1v) is 10.7. The summed E-state index contributed by atoms with van der Waals surface area (Å²) in [6, 6.07) is 16.4. The predicted octanol–water partition coefficient (Wildman–Crippen LogP) is 5.24. The molecule has 1 fully saturated rings. The second kappa shape index (κ2) is 9.75. The molecule has 4 nitrogen and oxygen atoms in total. The van der Waals surface area contributed by atoms with E-state index in [0.717, 1.165) is 40.5 Å². The second-order valence-corrected chi connectivity index (χ2v) is 8.03. The molecule has 0 unspecified atom stereocenters. The van der Waals surface area contributed by atoms with Crippen LogP contribution >= 0.6 is 0 Å². The number of hydrogen-bond donors (Lipinski definition) is 1. The minimum Gasteiger partial charge on any atom is -0.488 e. The standard InChI is InChI=1S/C25H30N2O2/c28-14-13-20-11-12-25(29-19-22-9-5-2-6-10-22)24(15-20)23-16-26-27(18-23)17-21-7-3-1-4-8-21/h2,5-6,9-12,15-16,18,21,28H,1,3-4,7-8,13-14,17,19H2. The molecule has 29 heavy (non-hydrogen) atoms. The van der Waals surface area contributed by atoms with Crippen LogP contribution in [0.25, 0.3) is 11.1 Å². The molecule has 4 rings (SSSR count). The molecule has 0 atom stereocenters. The van der Waals surface area contributed by atoms with Crippen LogP contribution in [0.2, 0.25) is 0 Å². The molecule has 0 bridgehead atoms. The van der Waals surface area contributed by atoms with Gasteiger partial charge in [0.15, 0.2) is 0 Å². The quantitative estimate of drug-likeness (QED) is 0.572. The number of nitrogens with zero attached hydrogens (tertiary/aromatic N) is 2. The Morgan fingerprint density at radius 3 is 2.62 bits per heavy atom. The Morgan fingerprint density at radius 2 is 1.83 bits per heavy atom. The maximum atomic E-state index is 9.34. The SMILES string of the molecule is OCCc1ccc(OCc2ccccc2)c(-c2cnn(CC3CCCCC3)c2)c1. The number of aliphatic hydroxyl groups is 1. The summed E-state index contributed by atoms with van der Waals surface area (Å²) in [6.45, 7) is 1.67. The molecule has 2 aromatic carbocycles. The highest BCUT2D eigenvalue weighted by molar-refractivity contribution is 5.70. The summed E-state index contributed by atoms with van der Waals surface area (Å²) >= 11 is 0. The smallest absolute Gasteiger partial charge is 0.127 e. The van der Waals surface area contributed by atoms with Gasteiger partial charge in [-0.05, 0) is 48.4 Å². The molecule has 0 spiro atoms. The molecule has 1 aromatic heterocycles. The molecule has 1 aliphatic rings. The zero-order valence-corrected chi connectivity index (χ0v) is 17.0. The molecule has 3 aromatic rings. The Bertz CT molecular complexity index is 898. The van der Waals surface area contributed by atoms with Crippen molar-refractivity contribution in [3.63, 3.8) is 0 Å². The van der Waals surface area contributed by atoms with Crippen molar-refractivity contribution >= 4 is 0 Å². The van der Waals surface area contributed by atoms with Crippen LogP contribution in [0.4, 0.5) is 0 Å². The topological polar surface area (TPSA) is 47.3 Å². The summed E-state index contributed by atoms with van der Waals surface area (Å²) in [4.78, 5) is 0. The van der Waals surface area contributed by atoms with Gasteiger partial charge in [-0.15, -0.1) is 0 Å². The number of hydrogen-bond acceptors (Lipinski definition) is 3. The van der Waals surface area contributed by atoms with Crippen LogP contribution in [0, 0.1) is 5.92 Å². The Hall–Kier alpha value is -2.59. The lowest BCUT2D eigenvalue weighted by Crippen LogP contribution is -2.14. The lowest BCUT2D eigenvalue weighted by Gasteiger charge is -2.21. The first-order chi connectivity index (χ1) is 14.3. The van der Waals surface area contributed by atoms with E-state index in [4.69, 9.17) is 4.74 Å². The van der Waals surface area contributed by atoms with Crippen molar-refractivity contribution in [3.8, 4) is 16.9 Å². The van der Waals surface area contributed by atoms with Crippen molar-refractivity contribution in [2.24, 2.45) is 5.92 Å². The maximum Gasteiger partial charge on any atom is 0.127 e. The summed E-state index contributed by atoms with van der Waals surface area (Å²) < 4.78 is 8.26. The Labute approximate surface area is 173 Å². The van der Waals surface area contributed by atoms with E-state index >= 15 is 0 Å². The fraction of sp³-hybridized carbons (Fsp3) is 0.400. The first kappa shape index (κ1) is 19.7. The third kappa shape index (κ3) is 5.27. The molecule has 0 amide bonds. The number of ether oxygens (including phenoxy) is 1. The van der Waals surface area contributed by atoms with E-state index in [1.54, 1.807) is 0 Å². The molecule has 1 saturated carbocycles. The number of aliphatic hydroxyl groups excluding tert-OH is 1. The summed E-state index contributed by atoms with van der Waals surface area (Å²) in [5.74, 6) is 1.60. The highest BCUT2D eigenvalue weighted by Gasteiger charge is 2.16. The summed E-state index contributed by atoms with van der Waals surface area (Å²) in [7, 11) is 0. The van der Waals surface area contributed by atoms with E-state index < -0.39 is 0 Å². The summed E-state index contributed by atoms with van der Waals surface area (Å²) in [6.07, 6.45) is 11.4. The van der Waals surface area contributed by atoms with Gasteiger partial charge < -0.3 is 9.84 Å². The maximum absolute atomic E-state index is 9.34. The van der Waals surface area contributed by atoms with E-state index in [2.05, 4.69) is 34.2 Å². The Balaban J connectivity index is 1.54. The van der Waals surface area contributed by atoms with Gasteiger partial charge in [-0.25, -0.2) is 0 Å². The van der Waals surface area contributed by atoms with Crippen LogP contribution in [0.1, 0.15) is 43.2 Å². The van der Waals surface area contributed by atoms with E-state index in [9.17, 15) is 5.11 Å². The average Bonchev–Trinajstić information content (AvgIpc) is 3.23. The van der Waals surface area contributed by atoms with Crippen LogP contribution in [0.15, 0.2) is 60.9 Å². The lowest BCUT2D eigenvalue weighted by molar-refractivity contribution is 0.298. The summed E-state index contributed by atoms with van der Waals surface area (Å²) in [5.41, 5.74) is 4.37. The third-order valence-electron chi connectivity index (χ3n) is 5.80. The van der Waals surface area contributed by atoms with Crippen molar-refractivity contribution < 1.29 is 9.84 Å². The van der Waals surface area contributed by atoms with Gasteiger partial charge in [0.1, 0.15) is 12.4 Å². The van der Waals surface area contributed by atoms with Crippen LogP contribution in [-0.2, 0) is 19.6 Å². The lowest BCUT2D eigenvalue weighted by atomic mass is 9.89. The van der Waals surface area contributed by atoms with Crippen molar-refractivity contribution in [2.45, 2.75) is 51.7 Å². The molecular weight excluding hydrogens is 360 g/mol. The van der Waals surface area contributed by atoms with E-state index in [0.29, 0.717) is 13.0 Å². The molecule has 0 aliphatic heterocycles. The Morgan fingerprint density at radius 1 is 1.00 bits per heavy atom. The number of aromatic nitrogens is 2. The number of benzene rings is 2. The van der Waals surface area contributed by atoms with Crippen molar-refractivity contribution in [2.75, 3.05) is 6.61 Å². The molecule has 1 heterocycles. The van der Waals surface area contributed by atoms with Crippen LogP contribution < -0.4 is 4.74 Å². The summed E-state index contributed by atoms with van der Waals surface area (Å²) in [5, 5.41) is 14.0. The van der Waals surface area contributed by atoms with E-state index in [1.165, 1.54) is 32.1 Å². The fourth-order valence-corrected chi connectivity index (χ4v) is 4.19. The third-order valence-corrected chi connectivity index (χ3v) is 5.80. The predicted molar refractivity (Wildman–Crippen MR) is 116 cm³/mol. The van der Waals surface area contributed by atoms with Gasteiger partial charge in [0.2, 0.25) is 0 Å². The van der Waals surface area contributed by atoms with Crippen LogP contribution in [0.5, 0.6) is 5.75 Å². The molecule has 152 valence electrons. The first-order valence-electron chi connectivity index (χ1n) is 10.7. The van der Waals surface area contributed by atoms with Gasteiger partial charge in [0, 0.05) is 30.5 Å². The fourth-order valence-electron chi connectivity index (χ4n) is 4.19. The van der Waals surface area contributed by atoms with Crippen molar-refractivity contribution in [1.29, 1.82) is 0 Å². The largest absolute Gasteiger partial charge is 0.488 e. The molecule has 1 N–H and O–H groups in total. The van der Waals surface area contributed by atoms with Gasteiger partial charge in [-0.3, -0.25) is 4.68 Å². The minimum atomic E-state index is 0.143.